The highest BCUT2D eigenvalue weighted by atomic mass is 16.6. The second-order valence-electron chi connectivity index (χ2n) is 6.93. The van der Waals surface area contributed by atoms with Gasteiger partial charge in [-0.1, -0.05) is 76.1 Å². The number of nitrogens with one attached hydrogen (secondary N) is 1. The van der Waals surface area contributed by atoms with Crippen LogP contribution in [0.5, 0.6) is 0 Å². The van der Waals surface area contributed by atoms with E-state index in [1.54, 1.807) is 18.2 Å². The van der Waals surface area contributed by atoms with Crippen LogP contribution in [0.15, 0.2) is 93.1 Å². The van der Waals surface area contributed by atoms with Gasteiger partial charge >= 0.3 is 0 Å². The fraction of sp³-hybridized carbons (Fsp3) is 0. The van der Waals surface area contributed by atoms with Crippen molar-refractivity contribution in [2.45, 2.75) is 0 Å². The predicted molar refractivity (Wildman–Crippen MR) is 121 cm³/mol. The fourth-order valence-electron chi connectivity index (χ4n) is 3.21. The molecule has 5 rings (SSSR count). The van der Waals surface area contributed by atoms with Crippen molar-refractivity contribution in [3.05, 3.63) is 84.4 Å². The Hall–Kier alpha value is -4.92. The molecule has 0 amide bonds. The lowest BCUT2D eigenvalue weighted by Gasteiger charge is -2.05. The largest absolute Gasteiger partial charge is 0.337 e. The summed E-state index contributed by atoms with van der Waals surface area (Å²) in [6.45, 7) is 3.27. The van der Waals surface area contributed by atoms with Crippen molar-refractivity contribution < 1.29 is 13.9 Å². The van der Waals surface area contributed by atoms with Crippen molar-refractivity contribution >= 4 is 12.6 Å². The summed E-state index contributed by atoms with van der Waals surface area (Å²) in [6, 6.07) is 24.1. The van der Waals surface area contributed by atoms with Gasteiger partial charge in [0.05, 0.1) is 0 Å². The fourth-order valence-corrected chi connectivity index (χ4v) is 3.21. The van der Waals surface area contributed by atoms with Crippen molar-refractivity contribution in [1.29, 1.82) is 5.41 Å². The van der Waals surface area contributed by atoms with Crippen molar-refractivity contribution in [2.24, 2.45) is 5.16 Å². The van der Waals surface area contributed by atoms with Gasteiger partial charge < -0.3 is 13.9 Å². The summed E-state index contributed by atoms with van der Waals surface area (Å²) in [6.07, 6.45) is 0. The van der Waals surface area contributed by atoms with Crippen LogP contribution in [0, 0.1) is 5.41 Å². The maximum absolute atomic E-state index is 8.14. The molecule has 0 fully saturated rings. The van der Waals surface area contributed by atoms with Gasteiger partial charge in [0.25, 0.3) is 11.8 Å². The van der Waals surface area contributed by atoms with Crippen LogP contribution in [0.25, 0.3) is 45.7 Å². The molecule has 0 radical (unpaired) electrons. The molecule has 1 N–H and O–H groups in total. The highest BCUT2D eigenvalue weighted by Gasteiger charge is 2.18. The lowest BCUT2D eigenvalue weighted by atomic mass is 10.0. The van der Waals surface area contributed by atoms with E-state index in [0.29, 0.717) is 28.3 Å². The van der Waals surface area contributed by atoms with Gasteiger partial charge in [-0.25, -0.2) is 0 Å². The monoisotopic (exact) mass is 436 g/mol. The molecule has 2 aromatic heterocycles. The van der Waals surface area contributed by atoms with Crippen LogP contribution in [-0.4, -0.2) is 32.9 Å². The van der Waals surface area contributed by atoms with E-state index < -0.39 is 0 Å². The zero-order valence-corrected chi connectivity index (χ0v) is 17.2. The van der Waals surface area contributed by atoms with Crippen LogP contribution < -0.4 is 0 Å². The molecule has 0 unspecified atom stereocenters. The Labute approximate surface area is 187 Å². The second kappa shape index (κ2) is 8.67. The first-order valence-electron chi connectivity index (χ1n) is 9.87. The van der Waals surface area contributed by atoms with E-state index in [1.807, 2.05) is 60.7 Å². The number of oxime groups is 1. The van der Waals surface area contributed by atoms with Gasteiger partial charge in [0.1, 0.15) is 0 Å². The molecular formula is C24H16N6O3. The minimum absolute atomic E-state index is 0.210. The Bertz CT molecular complexity index is 1330. The van der Waals surface area contributed by atoms with Crippen LogP contribution in [-0.2, 0) is 4.84 Å². The summed E-state index contributed by atoms with van der Waals surface area (Å²) in [5, 5.41) is 19.6. The SMILES string of the molecule is C=NOC(=N)c1cc(-c2nc(-c3ccccc3)no2)cc(-c2nc(-c3ccccc3)no2)c1. The molecule has 5 aromatic rings. The third-order valence-corrected chi connectivity index (χ3v) is 4.76. The Morgan fingerprint density at radius 2 is 1.21 bits per heavy atom. The maximum atomic E-state index is 8.14. The molecule has 0 bridgehead atoms. The summed E-state index contributed by atoms with van der Waals surface area (Å²) < 4.78 is 11.0. The Morgan fingerprint density at radius 1 is 0.727 bits per heavy atom. The van der Waals surface area contributed by atoms with Crippen molar-refractivity contribution in [3.8, 4) is 45.7 Å². The first kappa shape index (κ1) is 20.0. The summed E-state index contributed by atoms with van der Waals surface area (Å²) in [5.41, 5.74) is 3.14. The molecule has 160 valence electrons. The molecule has 9 heteroatoms. The smallest absolute Gasteiger partial charge is 0.258 e. The Morgan fingerprint density at radius 3 is 1.67 bits per heavy atom. The van der Waals surface area contributed by atoms with E-state index >= 15 is 0 Å². The first-order valence-corrected chi connectivity index (χ1v) is 9.87. The van der Waals surface area contributed by atoms with E-state index in [4.69, 9.17) is 19.3 Å². The molecule has 3 aromatic carbocycles. The molecule has 0 aliphatic heterocycles. The summed E-state index contributed by atoms with van der Waals surface area (Å²) >= 11 is 0. The van der Waals surface area contributed by atoms with Crippen molar-refractivity contribution in [3.63, 3.8) is 0 Å². The van der Waals surface area contributed by atoms with Crippen molar-refractivity contribution in [2.75, 3.05) is 0 Å². The molecule has 0 saturated carbocycles. The number of aromatic nitrogens is 4. The van der Waals surface area contributed by atoms with E-state index in [-0.39, 0.29) is 17.7 Å². The molecule has 33 heavy (non-hydrogen) atoms. The van der Waals surface area contributed by atoms with Gasteiger partial charge in [-0.05, 0) is 18.2 Å². The lowest BCUT2D eigenvalue weighted by molar-refractivity contribution is 0.330. The van der Waals surface area contributed by atoms with E-state index in [0.717, 1.165) is 11.1 Å². The van der Waals surface area contributed by atoms with Gasteiger partial charge in [0, 0.05) is 34.5 Å². The molecule has 2 heterocycles. The normalized spacial score (nSPS) is 10.7. The third-order valence-electron chi connectivity index (χ3n) is 4.76. The molecule has 0 spiro atoms. The predicted octanol–water partition coefficient (Wildman–Crippen LogP) is 5.08. The zero-order valence-electron chi connectivity index (χ0n) is 17.2. The van der Waals surface area contributed by atoms with Gasteiger partial charge in [0.2, 0.25) is 17.5 Å². The van der Waals surface area contributed by atoms with Gasteiger partial charge in [-0.3, -0.25) is 5.41 Å². The number of hydrogen-bond acceptors (Lipinski definition) is 9. The number of benzene rings is 3. The molecule has 0 aliphatic carbocycles. The van der Waals surface area contributed by atoms with Crippen LogP contribution in [0.1, 0.15) is 5.56 Å². The van der Waals surface area contributed by atoms with E-state index in [2.05, 4.69) is 32.2 Å². The minimum Gasteiger partial charge on any atom is -0.337 e. The average molecular weight is 436 g/mol. The molecule has 0 saturated heterocycles. The molecule has 0 aliphatic rings. The molecule has 9 nitrogen and oxygen atoms in total. The van der Waals surface area contributed by atoms with E-state index in [1.165, 1.54) is 0 Å². The van der Waals surface area contributed by atoms with Gasteiger partial charge in [0.15, 0.2) is 0 Å². The Balaban J connectivity index is 1.57. The second-order valence-corrected chi connectivity index (χ2v) is 6.93. The summed E-state index contributed by atoms with van der Waals surface area (Å²) in [4.78, 5) is 13.9. The third kappa shape index (κ3) is 4.15. The van der Waals surface area contributed by atoms with Crippen LogP contribution >= 0.6 is 0 Å². The maximum Gasteiger partial charge on any atom is 0.258 e. The van der Waals surface area contributed by atoms with Crippen molar-refractivity contribution in [1.82, 2.24) is 20.3 Å². The van der Waals surface area contributed by atoms with Gasteiger partial charge in [-0.2, -0.15) is 9.97 Å². The van der Waals surface area contributed by atoms with Crippen LogP contribution in [0.3, 0.4) is 0 Å². The summed E-state index contributed by atoms with van der Waals surface area (Å²) in [5.74, 6) is 1.21. The standard InChI is InChI=1S/C24H16N6O3/c1-26-31-20(25)17-12-18(23-27-21(29-32-23)15-8-4-2-5-9-15)14-19(13-17)24-28-22(30-33-24)16-10-6-3-7-11-16/h2-14,25H,1H2. The van der Waals surface area contributed by atoms with Crippen LogP contribution in [0.4, 0.5) is 0 Å². The summed E-state index contributed by atoms with van der Waals surface area (Å²) in [7, 11) is 0. The van der Waals surface area contributed by atoms with Crippen LogP contribution in [0.2, 0.25) is 0 Å². The average Bonchev–Trinajstić information content (AvgIpc) is 3.56. The quantitative estimate of drug-likeness (QED) is 0.224. The minimum atomic E-state index is -0.210. The zero-order chi connectivity index (χ0) is 22.6. The number of hydrogen-bond donors (Lipinski definition) is 1. The highest BCUT2D eigenvalue weighted by molar-refractivity contribution is 5.94. The molecule has 0 atom stereocenters. The topological polar surface area (TPSA) is 123 Å². The highest BCUT2D eigenvalue weighted by Crippen LogP contribution is 2.30. The Kier molecular flexibility index (Phi) is 5.26. The lowest BCUT2D eigenvalue weighted by Crippen LogP contribution is -2.01. The van der Waals surface area contributed by atoms with Gasteiger partial charge in [-0.15, -0.1) is 0 Å². The number of nitrogens with zero attached hydrogens (tertiary/aromatic N) is 5. The first-order chi connectivity index (χ1) is 16.2. The van der Waals surface area contributed by atoms with E-state index in [9.17, 15) is 0 Å². The molecular weight excluding hydrogens is 420 g/mol. The number of rotatable bonds is 6.